The van der Waals surface area contributed by atoms with Crippen molar-refractivity contribution in [3.8, 4) is 68.1 Å². The number of nitrogens with zero attached hydrogens (tertiary/aromatic N) is 8. The van der Waals surface area contributed by atoms with Crippen molar-refractivity contribution in [1.82, 2.24) is 9.97 Å². The topological polar surface area (TPSA) is 147 Å². The zero-order valence-electron chi connectivity index (χ0n) is 53.3. The minimum atomic E-state index is 0.254. The van der Waals surface area contributed by atoms with E-state index in [4.69, 9.17) is 29.4 Å². The Morgan fingerprint density at radius 1 is 0.337 bits per heavy atom. The standard InChI is InChI=1S/C86H58N10O2/c1-97-79-21-5-3-15-71(79)57-27-41-67(42-28-57)95(65-37-23-55(24-38-65)63-35-49-81(89-53-63)93-85-73-17-7-11-61-13-9-19-77(91-85)83(61)73)69-45-31-59(32-46-69)75(51-87)76(52-88)60-33-47-70(48-34-60)96(68-43-29-58(30-44-68)72-16-4-6-22-80(72)98-2)66-39-25-56(26-40-66)64-36-50-82(90-54-64)94-86-74-18-8-12-62-14-10-20-78(92-86)84(62)74/h3-50,53-54H,1-2H3,(H,89,91,93)(H,90,92,94)/b76-75+. The van der Waals surface area contributed by atoms with E-state index < -0.39 is 0 Å². The minimum absolute atomic E-state index is 0.254. The van der Waals surface area contributed by atoms with Crippen LogP contribution in [0.2, 0.25) is 0 Å². The SMILES string of the molecule is COc1ccccc1-c1ccc(N(c2ccc(/C(C#N)=C(\C#N)c3ccc(N(c4ccc(-c5ccc(/N=C6\Nc7cccc8cccc6c78)nc5)cc4)c4ccc(-c5ccccc5OC)cc4)cc3)cc2)c2ccc(-c3ccc(/N=C4\Nc5cccc6cccc4c56)nc3)cc2)cc1. The molecule has 16 rings (SSSR count). The summed E-state index contributed by atoms with van der Waals surface area (Å²) in [6, 6.07) is 103. The summed E-state index contributed by atoms with van der Waals surface area (Å²) in [5.74, 6) is 4.34. The van der Waals surface area contributed by atoms with Crippen molar-refractivity contribution in [1.29, 1.82) is 10.5 Å². The Hall–Kier alpha value is -13.7. The number of benzene rings is 12. The first-order valence-electron chi connectivity index (χ1n) is 32.1. The van der Waals surface area contributed by atoms with Gasteiger partial charge in [-0.05, 0) is 165 Å². The number of hydrogen-bond donors (Lipinski definition) is 2. The quantitative estimate of drug-likeness (QED) is 0.0708. The number of nitriles is 2. The van der Waals surface area contributed by atoms with Gasteiger partial charge in [-0.15, -0.1) is 0 Å². The Balaban J connectivity index is 0.687. The van der Waals surface area contributed by atoms with E-state index in [9.17, 15) is 10.5 Å². The van der Waals surface area contributed by atoms with E-state index in [2.05, 4.69) is 202 Å². The van der Waals surface area contributed by atoms with Crippen LogP contribution in [0.1, 0.15) is 22.3 Å². The van der Waals surface area contributed by atoms with Gasteiger partial charge in [-0.25, -0.2) is 20.0 Å². The van der Waals surface area contributed by atoms with E-state index in [1.165, 1.54) is 21.5 Å². The molecule has 0 radical (unpaired) electrons. The number of anilines is 8. The molecule has 0 saturated heterocycles. The van der Waals surface area contributed by atoms with E-state index >= 15 is 0 Å². The van der Waals surface area contributed by atoms with Crippen LogP contribution in [-0.4, -0.2) is 35.9 Å². The second-order valence-corrected chi connectivity index (χ2v) is 23.7. The molecule has 0 aliphatic carbocycles. The number of rotatable bonds is 16. The number of methoxy groups -OCH3 is 2. The van der Waals surface area contributed by atoms with Crippen LogP contribution in [0.3, 0.4) is 0 Å². The normalized spacial score (nSPS) is 12.9. The van der Waals surface area contributed by atoms with Crippen LogP contribution in [0.25, 0.3) is 77.2 Å². The van der Waals surface area contributed by atoms with Crippen molar-refractivity contribution in [2.75, 3.05) is 34.7 Å². The summed E-state index contributed by atoms with van der Waals surface area (Å²) in [7, 11) is 3.37. The summed E-state index contributed by atoms with van der Waals surface area (Å²) < 4.78 is 11.5. The van der Waals surface area contributed by atoms with Crippen LogP contribution in [-0.2, 0) is 0 Å². The number of aliphatic imine (C=N–C) groups is 2. The first-order valence-corrected chi connectivity index (χ1v) is 32.1. The molecule has 0 amide bonds. The highest BCUT2D eigenvalue weighted by Crippen LogP contribution is 2.43. The third-order valence-electron chi connectivity index (χ3n) is 18.1. The highest BCUT2D eigenvalue weighted by Gasteiger charge is 2.23. The predicted octanol–water partition coefficient (Wildman–Crippen LogP) is 21.4. The zero-order chi connectivity index (χ0) is 66.1. The van der Waals surface area contributed by atoms with Crippen LogP contribution in [0.4, 0.5) is 57.1 Å². The summed E-state index contributed by atoms with van der Waals surface area (Å²) in [5.41, 5.74) is 19.1. The summed E-state index contributed by atoms with van der Waals surface area (Å²) in [6.07, 6.45) is 3.72. The lowest BCUT2D eigenvalue weighted by atomic mass is 9.95. The van der Waals surface area contributed by atoms with Gasteiger partial charge < -0.3 is 29.9 Å². The van der Waals surface area contributed by atoms with Gasteiger partial charge in [0.25, 0.3) is 0 Å². The van der Waals surface area contributed by atoms with Crippen molar-refractivity contribution in [3.05, 3.63) is 326 Å². The van der Waals surface area contributed by atoms with E-state index in [0.717, 1.165) is 124 Å². The third kappa shape index (κ3) is 11.2. The van der Waals surface area contributed by atoms with E-state index in [1.54, 1.807) is 14.2 Å². The number of ether oxygens (including phenoxy) is 2. The maximum Gasteiger partial charge on any atom is 0.154 e. The minimum Gasteiger partial charge on any atom is -0.496 e. The highest BCUT2D eigenvalue weighted by molar-refractivity contribution is 6.27. The lowest BCUT2D eigenvalue weighted by Crippen LogP contribution is -2.10. The maximum absolute atomic E-state index is 11.0. The Bertz CT molecular complexity index is 5200. The first kappa shape index (κ1) is 59.3. The fraction of sp³-hybridized carbons (Fsp3) is 0.0233. The van der Waals surface area contributed by atoms with Gasteiger partial charge in [-0.1, -0.05) is 170 Å². The fourth-order valence-corrected chi connectivity index (χ4v) is 13.3. The molecule has 464 valence electrons. The van der Waals surface area contributed by atoms with Gasteiger partial charge in [-0.3, -0.25) is 0 Å². The molecule has 12 aromatic carbocycles. The highest BCUT2D eigenvalue weighted by atomic mass is 16.5. The molecule has 2 aliphatic heterocycles. The van der Waals surface area contributed by atoms with Crippen molar-refractivity contribution < 1.29 is 9.47 Å². The average Bonchev–Trinajstić information content (AvgIpc) is 1.62. The zero-order valence-corrected chi connectivity index (χ0v) is 53.3. The first-order chi connectivity index (χ1) is 48.4. The van der Waals surface area contributed by atoms with E-state index in [-0.39, 0.29) is 11.1 Å². The molecule has 12 heteroatoms. The van der Waals surface area contributed by atoms with Gasteiger partial charge in [0.2, 0.25) is 0 Å². The number of allylic oxidation sites excluding steroid dienone is 2. The van der Waals surface area contributed by atoms with Crippen LogP contribution < -0.4 is 29.9 Å². The number of para-hydroxylation sites is 2. The van der Waals surface area contributed by atoms with Gasteiger partial charge in [0.05, 0.1) is 25.4 Å². The van der Waals surface area contributed by atoms with Crippen LogP contribution in [0.15, 0.2) is 314 Å². The molecule has 2 N–H and O–H groups in total. The van der Waals surface area contributed by atoms with Crippen molar-refractivity contribution in [2.24, 2.45) is 9.98 Å². The number of aromatic nitrogens is 2. The van der Waals surface area contributed by atoms with E-state index in [1.807, 2.05) is 134 Å². The molecule has 0 atom stereocenters. The molecular formula is C86H58N10O2. The molecule has 2 aliphatic rings. The largest absolute Gasteiger partial charge is 0.496 e. The average molecular weight is 1260 g/mol. The molecule has 0 saturated carbocycles. The van der Waals surface area contributed by atoms with Crippen LogP contribution >= 0.6 is 0 Å². The number of amidine groups is 2. The van der Waals surface area contributed by atoms with Crippen LogP contribution in [0, 0.1) is 22.7 Å². The summed E-state index contributed by atoms with van der Waals surface area (Å²) in [4.78, 5) is 23.8. The molecule has 0 bridgehead atoms. The molecule has 98 heavy (non-hydrogen) atoms. The monoisotopic (exact) mass is 1260 g/mol. The Morgan fingerprint density at radius 2 is 0.653 bits per heavy atom. The maximum atomic E-state index is 11.0. The van der Waals surface area contributed by atoms with E-state index in [0.29, 0.717) is 22.8 Å². The van der Waals surface area contributed by atoms with Gasteiger partial charge >= 0.3 is 0 Å². The number of pyridine rings is 2. The van der Waals surface area contributed by atoms with Crippen molar-refractivity contribution >= 4 is 101 Å². The van der Waals surface area contributed by atoms with Gasteiger partial charge in [0.1, 0.15) is 35.3 Å². The summed E-state index contributed by atoms with van der Waals surface area (Å²) in [5, 5.41) is 33.6. The molecule has 14 aromatic rings. The Labute approximate surface area is 567 Å². The Morgan fingerprint density at radius 3 is 0.990 bits per heavy atom. The lowest BCUT2D eigenvalue weighted by Gasteiger charge is -2.26. The summed E-state index contributed by atoms with van der Waals surface area (Å²) >= 11 is 0. The lowest BCUT2D eigenvalue weighted by molar-refractivity contribution is 0.416. The van der Waals surface area contributed by atoms with Gasteiger partial charge in [-0.2, -0.15) is 10.5 Å². The molecule has 0 unspecified atom stereocenters. The van der Waals surface area contributed by atoms with Crippen LogP contribution in [0.5, 0.6) is 11.5 Å². The molecule has 12 nitrogen and oxygen atoms in total. The molecule has 0 fully saturated rings. The second-order valence-electron chi connectivity index (χ2n) is 23.7. The predicted molar refractivity (Wildman–Crippen MR) is 398 cm³/mol. The van der Waals surface area contributed by atoms with Gasteiger partial charge in [0.15, 0.2) is 11.6 Å². The molecular weight excluding hydrogens is 1210 g/mol. The number of hydrogen-bond acceptors (Lipinski definition) is 10. The molecule has 4 heterocycles. The second kappa shape index (κ2) is 25.7. The molecule has 2 aromatic heterocycles. The van der Waals surface area contributed by atoms with Crippen molar-refractivity contribution in [2.45, 2.75) is 0 Å². The Kier molecular flexibility index (Phi) is 15.5. The third-order valence-corrected chi connectivity index (χ3v) is 18.1. The molecule has 0 spiro atoms. The number of nitrogens with one attached hydrogen (secondary N) is 2. The van der Waals surface area contributed by atoms with Crippen molar-refractivity contribution in [3.63, 3.8) is 0 Å². The summed E-state index contributed by atoms with van der Waals surface area (Å²) in [6.45, 7) is 0. The smallest absolute Gasteiger partial charge is 0.154 e. The fourth-order valence-electron chi connectivity index (χ4n) is 13.3. The van der Waals surface area contributed by atoms with Gasteiger partial charge in [0, 0.05) is 102 Å².